The van der Waals surface area contributed by atoms with E-state index in [1.54, 1.807) is 41.1 Å². The van der Waals surface area contributed by atoms with Crippen molar-refractivity contribution >= 4 is 18.0 Å². The van der Waals surface area contributed by atoms with Crippen LogP contribution in [0.2, 0.25) is 0 Å². The molecule has 1 aromatic heterocycles. The molecule has 0 aliphatic carbocycles. The van der Waals surface area contributed by atoms with Gasteiger partial charge in [0.2, 0.25) is 0 Å². The van der Waals surface area contributed by atoms with E-state index in [2.05, 4.69) is 16.0 Å². The van der Waals surface area contributed by atoms with Gasteiger partial charge in [0.15, 0.2) is 0 Å². The molecule has 0 unspecified atom stereocenters. The van der Waals surface area contributed by atoms with Crippen LogP contribution in [-0.4, -0.2) is 27.8 Å². The molecule has 7 heteroatoms. The Bertz CT molecular complexity index is 1040. The Morgan fingerprint density at radius 2 is 1.68 bits per heavy atom. The standard InChI is InChI=1S/C21H20N4O3/c1-14-12-17(13-22-23-21(28)18-10-6-7-11-19(18)26)15(2)25(14)24-20(27)16-8-4-3-5-9-16/h3-13,26H,1-2H3,(H,23,28)(H,24,27)/b22-13+. The molecule has 7 nitrogen and oxygen atoms in total. The zero-order valence-corrected chi connectivity index (χ0v) is 15.5. The van der Waals surface area contributed by atoms with Crippen molar-refractivity contribution in [2.45, 2.75) is 13.8 Å². The van der Waals surface area contributed by atoms with Crippen LogP contribution >= 0.6 is 0 Å². The van der Waals surface area contributed by atoms with E-state index in [1.165, 1.54) is 18.3 Å². The molecule has 142 valence electrons. The number of aromatic hydroxyl groups is 1. The molecule has 2 amide bonds. The number of rotatable bonds is 5. The first-order chi connectivity index (χ1) is 13.5. The summed E-state index contributed by atoms with van der Waals surface area (Å²) in [6.45, 7) is 3.70. The summed E-state index contributed by atoms with van der Waals surface area (Å²) >= 11 is 0. The molecule has 1 heterocycles. The topological polar surface area (TPSA) is 95.7 Å². The van der Waals surface area contributed by atoms with Gasteiger partial charge in [0.1, 0.15) is 5.75 Å². The van der Waals surface area contributed by atoms with Crippen LogP contribution in [0, 0.1) is 13.8 Å². The van der Waals surface area contributed by atoms with Gasteiger partial charge in [0, 0.05) is 22.5 Å². The van der Waals surface area contributed by atoms with Crippen LogP contribution in [0.5, 0.6) is 5.75 Å². The number of nitrogens with one attached hydrogen (secondary N) is 2. The van der Waals surface area contributed by atoms with Crippen LogP contribution in [0.4, 0.5) is 0 Å². The van der Waals surface area contributed by atoms with Crippen molar-refractivity contribution in [2.75, 3.05) is 5.43 Å². The van der Waals surface area contributed by atoms with Crippen molar-refractivity contribution in [1.82, 2.24) is 10.1 Å². The Labute approximate surface area is 162 Å². The van der Waals surface area contributed by atoms with Crippen molar-refractivity contribution in [3.8, 4) is 5.75 Å². The first-order valence-corrected chi connectivity index (χ1v) is 8.64. The molecule has 0 bridgehead atoms. The van der Waals surface area contributed by atoms with Gasteiger partial charge in [-0.15, -0.1) is 0 Å². The summed E-state index contributed by atoms with van der Waals surface area (Å²) in [4.78, 5) is 24.4. The first kappa shape index (κ1) is 18.9. The number of aromatic nitrogens is 1. The van der Waals surface area contributed by atoms with Crippen molar-refractivity contribution in [3.63, 3.8) is 0 Å². The van der Waals surface area contributed by atoms with Gasteiger partial charge >= 0.3 is 0 Å². The van der Waals surface area contributed by atoms with Gasteiger partial charge in [0.05, 0.1) is 11.8 Å². The second kappa shape index (κ2) is 8.22. The Morgan fingerprint density at radius 3 is 2.39 bits per heavy atom. The maximum absolute atomic E-state index is 12.4. The number of hydrazone groups is 1. The lowest BCUT2D eigenvalue weighted by atomic mass is 10.2. The first-order valence-electron chi connectivity index (χ1n) is 8.64. The number of hydrogen-bond acceptors (Lipinski definition) is 4. The molecule has 3 rings (SSSR count). The Kier molecular flexibility index (Phi) is 5.55. The van der Waals surface area contributed by atoms with Gasteiger partial charge in [0.25, 0.3) is 11.8 Å². The highest BCUT2D eigenvalue weighted by Crippen LogP contribution is 2.15. The van der Waals surface area contributed by atoms with Gasteiger partial charge in [-0.1, -0.05) is 30.3 Å². The number of aryl methyl sites for hydroxylation is 1. The minimum absolute atomic E-state index is 0.114. The fourth-order valence-corrected chi connectivity index (χ4v) is 2.73. The van der Waals surface area contributed by atoms with E-state index in [-0.39, 0.29) is 17.2 Å². The van der Waals surface area contributed by atoms with Crippen LogP contribution in [0.1, 0.15) is 37.7 Å². The molecule has 0 spiro atoms. The van der Waals surface area contributed by atoms with E-state index in [4.69, 9.17) is 0 Å². The monoisotopic (exact) mass is 376 g/mol. The highest BCUT2D eigenvalue weighted by Gasteiger charge is 2.12. The lowest BCUT2D eigenvalue weighted by Gasteiger charge is -2.11. The summed E-state index contributed by atoms with van der Waals surface area (Å²) in [5.41, 5.74) is 8.24. The molecule has 28 heavy (non-hydrogen) atoms. The number of phenols is 1. The molecular weight excluding hydrogens is 356 g/mol. The maximum atomic E-state index is 12.4. The minimum atomic E-state index is -0.513. The lowest BCUT2D eigenvalue weighted by molar-refractivity contribution is 0.0951. The van der Waals surface area contributed by atoms with E-state index in [0.29, 0.717) is 5.56 Å². The zero-order valence-electron chi connectivity index (χ0n) is 15.5. The fourth-order valence-electron chi connectivity index (χ4n) is 2.73. The molecule has 0 fully saturated rings. The number of carbonyl (C=O) groups is 2. The molecule has 0 aliphatic rings. The van der Waals surface area contributed by atoms with E-state index in [1.807, 2.05) is 26.0 Å². The highest BCUT2D eigenvalue weighted by atomic mass is 16.3. The van der Waals surface area contributed by atoms with E-state index in [0.717, 1.165) is 17.0 Å². The van der Waals surface area contributed by atoms with Crippen LogP contribution in [0.15, 0.2) is 65.8 Å². The molecule has 0 saturated heterocycles. The molecule has 0 saturated carbocycles. The molecule has 0 atom stereocenters. The van der Waals surface area contributed by atoms with E-state index >= 15 is 0 Å². The third kappa shape index (κ3) is 4.09. The Hall–Kier alpha value is -3.87. The van der Waals surface area contributed by atoms with Crippen LogP contribution < -0.4 is 10.9 Å². The molecule has 2 aromatic carbocycles. The number of carbonyl (C=O) groups excluding carboxylic acids is 2. The van der Waals surface area contributed by atoms with E-state index in [9.17, 15) is 14.7 Å². The highest BCUT2D eigenvalue weighted by molar-refractivity contribution is 6.00. The normalized spacial score (nSPS) is 10.8. The molecular formula is C21H20N4O3. The second-order valence-corrected chi connectivity index (χ2v) is 6.19. The third-order valence-corrected chi connectivity index (χ3v) is 4.24. The number of benzene rings is 2. The molecule has 3 N–H and O–H groups in total. The Balaban J connectivity index is 1.71. The predicted molar refractivity (Wildman–Crippen MR) is 107 cm³/mol. The molecule has 0 aliphatic heterocycles. The quantitative estimate of drug-likeness (QED) is 0.472. The third-order valence-electron chi connectivity index (χ3n) is 4.24. The summed E-state index contributed by atoms with van der Waals surface area (Å²) in [6, 6.07) is 17.0. The van der Waals surface area contributed by atoms with Gasteiger partial charge < -0.3 is 5.11 Å². The smallest absolute Gasteiger partial charge is 0.275 e. The largest absolute Gasteiger partial charge is 0.507 e. The lowest BCUT2D eigenvalue weighted by Crippen LogP contribution is -2.24. The summed E-state index contributed by atoms with van der Waals surface area (Å²) in [5, 5.41) is 13.7. The van der Waals surface area contributed by atoms with Crippen LogP contribution in [0.3, 0.4) is 0 Å². The summed E-state index contributed by atoms with van der Waals surface area (Å²) < 4.78 is 1.67. The van der Waals surface area contributed by atoms with E-state index < -0.39 is 5.91 Å². The SMILES string of the molecule is Cc1cc(/C=N/NC(=O)c2ccccc2O)c(C)n1NC(=O)c1ccccc1. The number of hydrogen-bond donors (Lipinski definition) is 3. The minimum Gasteiger partial charge on any atom is -0.507 e. The van der Waals surface area contributed by atoms with Gasteiger partial charge in [-0.05, 0) is 44.2 Å². The van der Waals surface area contributed by atoms with Crippen molar-refractivity contribution < 1.29 is 14.7 Å². The summed E-state index contributed by atoms with van der Waals surface area (Å²) in [6.07, 6.45) is 1.49. The average molecular weight is 376 g/mol. The van der Waals surface area contributed by atoms with Crippen molar-refractivity contribution in [3.05, 3.63) is 88.7 Å². The zero-order chi connectivity index (χ0) is 20.1. The molecule has 3 aromatic rings. The van der Waals surface area contributed by atoms with Gasteiger partial charge in [-0.2, -0.15) is 5.10 Å². The number of amides is 2. The number of phenolic OH excluding ortho intramolecular Hbond substituents is 1. The maximum Gasteiger partial charge on any atom is 0.275 e. The predicted octanol–water partition coefficient (Wildman–Crippen LogP) is 2.96. The molecule has 0 radical (unpaired) electrons. The van der Waals surface area contributed by atoms with Gasteiger partial charge in [-0.3, -0.25) is 19.7 Å². The van der Waals surface area contributed by atoms with Crippen molar-refractivity contribution in [1.29, 1.82) is 0 Å². The Morgan fingerprint density at radius 1 is 1.00 bits per heavy atom. The number of para-hydroxylation sites is 1. The summed E-state index contributed by atoms with van der Waals surface area (Å²) in [7, 11) is 0. The second-order valence-electron chi connectivity index (χ2n) is 6.19. The number of nitrogens with zero attached hydrogens (tertiary/aromatic N) is 2. The fraction of sp³-hybridized carbons (Fsp3) is 0.0952. The van der Waals surface area contributed by atoms with Crippen LogP contribution in [0.25, 0.3) is 0 Å². The average Bonchev–Trinajstić information content (AvgIpc) is 2.96. The van der Waals surface area contributed by atoms with Crippen LogP contribution in [-0.2, 0) is 0 Å². The summed E-state index contributed by atoms with van der Waals surface area (Å²) in [5.74, 6) is -0.851. The van der Waals surface area contributed by atoms with Crippen molar-refractivity contribution in [2.24, 2.45) is 5.10 Å². The van der Waals surface area contributed by atoms with Gasteiger partial charge in [-0.25, -0.2) is 5.43 Å².